The van der Waals surface area contributed by atoms with Crippen molar-refractivity contribution in [3.05, 3.63) is 35.4 Å². The van der Waals surface area contributed by atoms with Crippen LogP contribution >= 0.6 is 0 Å². The molecule has 0 unspecified atom stereocenters. The van der Waals surface area contributed by atoms with Crippen LogP contribution < -0.4 is 5.73 Å². The highest BCUT2D eigenvalue weighted by Gasteiger charge is 2.15. The molecule has 0 amide bonds. The average Bonchev–Trinajstić information content (AvgIpc) is 2.24. The number of nitrogens with two attached hydrogens (primary N) is 1. The summed E-state index contributed by atoms with van der Waals surface area (Å²) in [6.45, 7) is 0. The summed E-state index contributed by atoms with van der Waals surface area (Å²) in [6.07, 6.45) is 1.00. The van der Waals surface area contributed by atoms with Gasteiger partial charge in [0, 0.05) is 12.0 Å². The summed E-state index contributed by atoms with van der Waals surface area (Å²) in [6, 6.07) is 3.99. The Bertz CT molecular complexity index is 452. The van der Waals surface area contributed by atoms with Crippen LogP contribution in [0.15, 0.2) is 28.4 Å². The van der Waals surface area contributed by atoms with Gasteiger partial charge in [-0.05, 0) is 18.6 Å². The number of hydrogen-bond acceptors (Lipinski definition) is 3. The number of amidine groups is 1. The molecule has 0 atom stereocenters. The molecule has 1 heterocycles. The largest absolute Gasteiger partial charge is 0.386 e. The highest BCUT2D eigenvalue weighted by atomic mass is 19.2. The van der Waals surface area contributed by atoms with E-state index in [1.807, 2.05) is 0 Å². The maximum atomic E-state index is 13.3. The van der Waals surface area contributed by atoms with Gasteiger partial charge in [-0.15, -0.1) is 5.10 Å². The van der Waals surface area contributed by atoms with Crippen LogP contribution in [0.3, 0.4) is 0 Å². The van der Waals surface area contributed by atoms with E-state index in [4.69, 9.17) is 5.73 Å². The summed E-state index contributed by atoms with van der Waals surface area (Å²) in [5.74, 6) is -1.35. The van der Waals surface area contributed by atoms with E-state index in [0.29, 0.717) is 24.4 Å². The molecule has 0 saturated heterocycles. The van der Waals surface area contributed by atoms with Crippen molar-refractivity contribution in [2.75, 3.05) is 0 Å². The molecule has 78 valence electrons. The first-order chi connectivity index (χ1) is 7.18. The van der Waals surface area contributed by atoms with Crippen molar-refractivity contribution >= 4 is 11.5 Å². The first-order valence-electron chi connectivity index (χ1n) is 4.51. The van der Waals surface area contributed by atoms with E-state index in [1.165, 1.54) is 12.1 Å². The zero-order chi connectivity index (χ0) is 10.8. The SMILES string of the molecule is NC1=NN=C(c2cccc(F)c2F)CC1. The van der Waals surface area contributed by atoms with Crippen molar-refractivity contribution in [1.29, 1.82) is 0 Å². The first kappa shape index (κ1) is 9.76. The molecule has 0 bridgehead atoms. The topological polar surface area (TPSA) is 50.7 Å². The van der Waals surface area contributed by atoms with Gasteiger partial charge in [-0.2, -0.15) is 5.10 Å². The van der Waals surface area contributed by atoms with Crippen molar-refractivity contribution in [3.8, 4) is 0 Å². The second-order valence-corrected chi connectivity index (χ2v) is 3.24. The van der Waals surface area contributed by atoms with Gasteiger partial charge in [0.25, 0.3) is 0 Å². The van der Waals surface area contributed by atoms with E-state index in [9.17, 15) is 8.78 Å². The van der Waals surface area contributed by atoms with Crippen LogP contribution in [0, 0.1) is 11.6 Å². The van der Waals surface area contributed by atoms with Crippen LogP contribution in [0.4, 0.5) is 8.78 Å². The van der Waals surface area contributed by atoms with Crippen molar-refractivity contribution in [1.82, 2.24) is 0 Å². The number of nitrogens with zero attached hydrogens (tertiary/aromatic N) is 2. The number of rotatable bonds is 1. The molecule has 0 spiro atoms. The second kappa shape index (κ2) is 3.76. The van der Waals surface area contributed by atoms with Crippen LogP contribution in [0.25, 0.3) is 0 Å². The summed E-state index contributed by atoms with van der Waals surface area (Å²) >= 11 is 0. The Labute approximate surface area is 85.3 Å². The Hall–Kier alpha value is -1.78. The highest BCUT2D eigenvalue weighted by molar-refractivity contribution is 6.04. The van der Waals surface area contributed by atoms with Crippen molar-refractivity contribution < 1.29 is 8.78 Å². The Morgan fingerprint density at radius 2 is 1.93 bits per heavy atom. The van der Waals surface area contributed by atoms with Crippen LogP contribution in [0.2, 0.25) is 0 Å². The molecule has 1 aromatic carbocycles. The molecule has 1 aliphatic rings. The Kier molecular flexibility index (Phi) is 2.45. The molecule has 1 aromatic rings. The maximum Gasteiger partial charge on any atom is 0.167 e. The normalized spacial score (nSPS) is 15.9. The lowest BCUT2D eigenvalue weighted by Crippen LogP contribution is -2.18. The molecular formula is C10H9F2N3. The fraction of sp³-hybridized carbons (Fsp3) is 0.200. The molecule has 3 nitrogen and oxygen atoms in total. The van der Waals surface area contributed by atoms with Gasteiger partial charge in [-0.3, -0.25) is 0 Å². The van der Waals surface area contributed by atoms with E-state index >= 15 is 0 Å². The van der Waals surface area contributed by atoms with Gasteiger partial charge in [0.1, 0.15) is 5.84 Å². The quantitative estimate of drug-likeness (QED) is 0.753. The van der Waals surface area contributed by atoms with Gasteiger partial charge in [-0.1, -0.05) is 6.07 Å². The minimum Gasteiger partial charge on any atom is -0.386 e. The Morgan fingerprint density at radius 1 is 1.13 bits per heavy atom. The van der Waals surface area contributed by atoms with E-state index in [0.717, 1.165) is 6.07 Å². The maximum absolute atomic E-state index is 13.3. The van der Waals surface area contributed by atoms with Crippen LogP contribution in [-0.4, -0.2) is 11.5 Å². The van der Waals surface area contributed by atoms with E-state index in [1.54, 1.807) is 0 Å². The van der Waals surface area contributed by atoms with Crippen molar-refractivity contribution in [2.24, 2.45) is 15.9 Å². The van der Waals surface area contributed by atoms with Gasteiger partial charge in [0.05, 0.1) is 5.71 Å². The lowest BCUT2D eigenvalue weighted by Gasteiger charge is -2.10. The number of halogens is 2. The zero-order valence-corrected chi connectivity index (χ0v) is 7.87. The standard InChI is InChI=1S/C10H9F2N3/c11-7-3-1-2-6(10(7)12)8-4-5-9(13)15-14-8/h1-3H,4-5H2,(H2,13,15). The zero-order valence-electron chi connectivity index (χ0n) is 7.87. The molecule has 0 aromatic heterocycles. The molecular weight excluding hydrogens is 200 g/mol. The first-order valence-corrected chi connectivity index (χ1v) is 4.51. The third-order valence-corrected chi connectivity index (χ3v) is 2.18. The van der Waals surface area contributed by atoms with Crippen LogP contribution in [0.5, 0.6) is 0 Å². The minimum absolute atomic E-state index is 0.159. The van der Waals surface area contributed by atoms with Gasteiger partial charge in [-0.25, -0.2) is 8.78 Å². The van der Waals surface area contributed by atoms with Crippen LogP contribution in [0.1, 0.15) is 18.4 Å². The lowest BCUT2D eigenvalue weighted by atomic mass is 10.0. The molecule has 0 radical (unpaired) electrons. The third-order valence-electron chi connectivity index (χ3n) is 2.18. The third kappa shape index (κ3) is 1.86. The lowest BCUT2D eigenvalue weighted by molar-refractivity contribution is 0.506. The summed E-state index contributed by atoms with van der Waals surface area (Å²) in [4.78, 5) is 0. The van der Waals surface area contributed by atoms with Crippen molar-refractivity contribution in [3.63, 3.8) is 0 Å². The Balaban J connectivity index is 2.43. The minimum atomic E-state index is -0.882. The molecule has 0 aliphatic carbocycles. The number of hydrogen-bond donors (Lipinski definition) is 1. The highest BCUT2D eigenvalue weighted by Crippen LogP contribution is 2.16. The molecule has 5 heteroatoms. The summed E-state index contributed by atoms with van der Waals surface area (Å²) < 4.78 is 26.3. The average molecular weight is 209 g/mol. The predicted molar refractivity (Wildman–Crippen MR) is 53.8 cm³/mol. The fourth-order valence-electron chi connectivity index (χ4n) is 1.39. The van der Waals surface area contributed by atoms with E-state index < -0.39 is 11.6 Å². The summed E-state index contributed by atoms with van der Waals surface area (Å²) in [5.41, 5.74) is 6.01. The van der Waals surface area contributed by atoms with Gasteiger partial charge in [0.15, 0.2) is 11.6 Å². The van der Waals surface area contributed by atoms with Gasteiger partial charge < -0.3 is 5.73 Å². The van der Waals surface area contributed by atoms with Gasteiger partial charge >= 0.3 is 0 Å². The Morgan fingerprint density at radius 3 is 2.60 bits per heavy atom. The molecule has 15 heavy (non-hydrogen) atoms. The fourth-order valence-corrected chi connectivity index (χ4v) is 1.39. The predicted octanol–water partition coefficient (Wildman–Crippen LogP) is 1.82. The molecule has 2 N–H and O–H groups in total. The molecule has 1 aliphatic heterocycles. The smallest absolute Gasteiger partial charge is 0.167 e. The van der Waals surface area contributed by atoms with E-state index in [-0.39, 0.29) is 5.56 Å². The van der Waals surface area contributed by atoms with Crippen LogP contribution in [-0.2, 0) is 0 Å². The number of benzene rings is 1. The monoisotopic (exact) mass is 209 g/mol. The second-order valence-electron chi connectivity index (χ2n) is 3.24. The molecule has 0 saturated carbocycles. The molecule has 0 fully saturated rings. The van der Waals surface area contributed by atoms with Crippen molar-refractivity contribution in [2.45, 2.75) is 12.8 Å². The summed E-state index contributed by atoms with van der Waals surface area (Å²) in [5, 5.41) is 7.41. The molecule has 2 rings (SSSR count). The summed E-state index contributed by atoms with van der Waals surface area (Å²) in [7, 11) is 0. The van der Waals surface area contributed by atoms with E-state index in [2.05, 4.69) is 10.2 Å². The van der Waals surface area contributed by atoms with Gasteiger partial charge in [0.2, 0.25) is 0 Å².